The zero-order valence-corrected chi connectivity index (χ0v) is 16.0. The Morgan fingerprint density at radius 1 is 1.04 bits per heavy atom. The van der Waals surface area contributed by atoms with E-state index in [0.29, 0.717) is 18.8 Å². The van der Waals surface area contributed by atoms with Gasteiger partial charge in [0.15, 0.2) is 0 Å². The number of urea groups is 1. The molecule has 1 heterocycles. The van der Waals surface area contributed by atoms with Crippen LogP contribution in [0.1, 0.15) is 75.0 Å². The molecular weight excluding hydrogens is 338 g/mol. The lowest BCUT2D eigenvalue weighted by atomic mass is 9.90. The van der Waals surface area contributed by atoms with Crippen LogP contribution in [0.2, 0.25) is 0 Å². The van der Waals surface area contributed by atoms with E-state index in [4.69, 9.17) is 0 Å². The van der Waals surface area contributed by atoms with E-state index in [0.717, 1.165) is 51.4 Å². The molecule has 4 aliphatic rings. The molecule has 1 N–H and O–H groups in total. The third kappa shape index (κ3) is 2.96. The number of carbonyl (C=O) groups excluding carboxylic acids is 2. The van der Waals surface area contributed by atoms with Gasteiger partial charge in [0, 0.05) is 12.1 Å². The van der Waals surface area contributed by atoms with Gasteiger partial charge in [-0.2, -0.15) is 0 Å². The Labute approximate surface area is 161 Å². The fourth-order valence-corrected chi connectivity index (χ4v) is 5.39. The van der Waals surface area contributed by atoms with Crippen LogP contribution in [0.5, 0.6) is 0 Å². The zero-order chi connectivity index (χ0) is 18.4. The highest BCUT2D eigenvalue weighted by molar-refractivity contribution is 6.07. The normalized spacial score (nSPS) is 27.1. The third-order valence-corrected chi connectivity index (χ3v) is 7.03. The van der Waals surface area contributed by atoms with E-state index in [1.807, 2.05) is 0 Å². The molecular formula is C22H29N3O2. The Hall–Kier alpha value is -1.88. The van der Waals surface area contributed by atoms with Crippen LogP contribution in [-0.4, -0.2) is 40.0 Å². The second kappa shape index (κ2) is 6.62. The molecule has 1 aliphatic heterocycles. The summed E-state index contributed by atoms with van der Waals surface area (Å²) in [6.07, 6.45) is 10.5. The lowest BCUT2D eigenvalue weighted by Crippen LogP contribution is -2.48. The number of rotatable bonds is 4. The van der Waals surface area contributed by atoms with E-state index in [1.54, 1.807) is 0 Å². The molecule has 1 aromatic carbocycles. The fourth-order valence-electron chi connectivity index (χ4n) is 5.39. The van der Waals surface area contributed by atoms with Gasteiger partial charge in [-0.25, -0.2) is 9.69 Å². The highest BCUT2D eigenvalue weighted by Gasteiger charge is 2.52. The molecule has 1 spiro atoms. The molecule has 3 aliphatic carbocycles. The first-order chi connectivity index (χ1) is 13.2. The predicted molar refractivity (Wildman–Crippen MR) is 103 cm³/mol. The standard InChI is InChI=1S/C22H29N3O2/c26-20-22(13-5-1-2-6-14-22)23-21(27)25(20)15-24(17-10-11-17)19-12-9-16-7-3-4-8-18(16)19/h3-4,7-8,17,19H,1-2,5-6,9-15H2,(H,23,27). The summed E-state index contributed by atoms with van der Waals surface area (Å²) in [7, 11) is 0. The lowest BCUT2D eigenvalue weighted by molar-refractivity contribution is -0.133. The summed E-state index contributed by atoms with van der Waals surface area (Å²) in [5, 5.41) is 3.09. The summed E-state index contributed by atoms with van der Waals surface area (Å²) in [5.74, 6) is 0.0198. The van der Waals surface area contributed by atoms with Crippen molar-refractivity contribution in [1.29, 1.82) is 0 Å². The summed E-state index contributed by atoms with van der Waals surface area (Å²) in [5.41, 5.74) is 2.18. The molecule has 3 fully saturated rings. The number of hydrogen-bond donors (Lipinski definition) is 1. The van der Waals surface area contributed by atoms with Gasteiger partial charge in [0.25, 0.3) is 5.91 Å². The topological polar surface area (TPSA) is 52.7 Å². The van der Waals surface area contributed by atoms with Crippen molar-refractivity contribution in [3.8, 4) is 0 Å². The van der Waals surface area contributed by atoms with Gasteiger partial charge in [-0.1, -0.05) is 49.9 Å². The zero-order valence-electron chi connectivity index (χ0n) is 16.0. The first-order valence-corrected chi connectivity index (χ1v) is 10.7. The highest BCUT2D eigenvalue weighted by atomic mass is 16.2. The van der Waals surface area contributed by atoms with E-state index < -0.39 is 5.54 Å². The molecule has 0 aromatic heterocycles. The molecule has 144 valence electrons. The number of carbonyl (C=O) groups is 2. The number of hydrogen-bond acceptors (Lipinski definition) is 3. The number of benzene rings is 1. The van der Waals surface area contributed by atoms with Crippen LogP contribution in [0, 0.1) is 0 Å². The quantitative estimate of drug-likeness (QED) is 0.825. The van der Waals surface area contributed by atoms with Gasteiger partial charge in [0.2, 0.25) is 0 Å². The van der Waals surface area contributed by atoms with Crippen LogP contribution >= 0.6 is 0 Å². The van der Waals surface area contributed by atoms with E-state index in [-0.39, 0.29) is 11.9 Å². The number of nitrogens with one attached hydrogen (secondary N) is 1. The maximum absolute atomic E-state index is 13.3. The first kappa shape index (κ1) is 17.2. The van der Waals surface area contributed by atoms with Gasteiger partial charge < -0.3 is 5.32 Å². The summed E-state index contributed by atoms with van der Waals surface area (Å²) >= 11 is 0. The Kier molecular flexibility index (Phi) is 4.23. The number of nitrogens with zero attached hydrogens (tertiary/aromatic N) is 2. The Morgan fingerprint density at radius 2 is 1.78 bits per heavy atom. The van der Waals surface area contributed by atoms with Crippen LogP contribution in [0.25, 0.3) is 0 Å². The third-order valence-electron chi connectivity index (χ3n) is 7.03. The van der Waals surface area contributed by atoms with Gasteiger partial charge in [-0.15, -0.1) is 0 Å². The smallest absolute Gasteiger partial charge is 0.323 e. The van der Waals surface area contributed by atoms with E-state index in [1.165, 1.54) is 28.9 Å². The van der Waals surface area contributed by atoms with Crippen molar-refractivity contribution >= 4 is 11.9 Å². The molecule has 2 saturated carbocycles. The highest BCUT2D eigenvalue weighted by Crippen LogP contribution is 2.42. The number of aryl methyl sites for hydroxylation is 1. The first-order valence-electron chi connectivity index (χ1n) is 10.7. The molecule has 5 heteroatoms. The minimum Gasteiger partial charge on any atom is -0.323 e. The lowest BCUT2D eigenvalue weighted by Gasteiger charge is -2.33. The van der Waals surface area contributed by atoms with E-state index >= 15 is 0 Å². The van der Waals surface area contributed by atoms with Crippen LogP contribution in [0.15, 0.2) is 24.3 Å². The van der Waals surface area contributed by atoms with Crippen molar-refractivity contribution in [2.75, 3.05) is 6.67 Å². The summed E-state index contributed by atoms with van der Waals surface area (Å²) in [6.45, 7) is 0.441. The Morgan fingerprint density at radius 3 is 2.52 bits per heavy atom. The van der Waals surface area contributed by atoms with Gasteiger partial charge >= 0.3 is 6.03 Å². The molecule has 0 bridgehead atoms. The maximum Gasteiger partial charge on any atom is 0.326 e. The average molecular weight is 367 g/mol. The second-order valence-electron chi connectivity index (χ2n) is 8.80. The Bertz CT molecular complexity index is 750. The minimum atomic E-state index is -0.629. The summed E-state index contributed by atoms with van der Waals surface area (Å²) < 4.78 is 0. The number of imide groups is 1. The van der Waals surface area contributed by atoms with Crippen molar-refractivity contribution in [3.05, 3.63) is 35.4 Å². The minimum absolute atomic E-state index is 0.0198. The largest absolute Gasteiger partial charge is 0.326 e. The predicted octanol–water partition coefficient (Wildman–Crippen LogP) is 3.74. The van der Waals surface area contributed by atoms with Crippen molar-refractivity contribution in [3.63, 3.8) is 0 Å². The second-order valence-corrected chi connectivity index (χ2v) is 8.80. The van der Waals surface area contributed by atoms with Crippen LogP contribution in [-0.2, 0) is 11.2 Å². The summed E-state index contributed by atoms with van der Waals surface area (Å²) in [4.78, 5) is 30.0. The van der Waals surface area contributed by atoms with Gasteiger partial charge in [0.05, 0.1) is 6.67 Å². The molecule has 1 unspecified atom stereocenters. The summed E-state index contributed by atoms with van der Waals surface area (Å²) in [6, 6.07) is 9.31. The number of fused-ring (bicyclic) bond motifs is 1. The van der Waals surface area contributed by atoms with Crippen LogP contribution in [0.3, 0.4) is 0 Å². The molecule has 5 nitrogen and oxygen atoms in total. The number of amides is 3. The SMILES string of the molecule is O=C1NC2(CCCCCC2)C(=O)N1CN(C1CC1)C1CCc2ccccc21. The van der Waals surface area contributed by atoms with Crippen LogP contribution in [0.4, 0.5) is 4.79 Å². The monoisotopic (exact) mass is 367 g/mol. The van der Waals surface area contributed by atoms with Crippen molar-refractivity contribution in [2.24, 2.45) is 0 Å². The van der Waals surface area contributed by atoms with Crippen molar-refractivity contribution in [2.45, 2.75) is 81.8 Å². The molecule has 3 amide bonds. The van der Waals surface area contributed by atoms with Crippen LogP contribution < -0.4 is 5.32 Å². The Balaban J connectivity index is 1.38. The average Bonchev–Trinajstić information content (AvgIpc) is 3.42. The fraction of sp³-hybridized carbons (Fsp3) is 0.636. The molecule has 1 saturated heterocycles. The maximum atomic E-state index is 13.3. The molecule has 5 rings (SSSR count). The van der Waals surface area contributed by atoms with Gasteiger partial charge in [-0.05, 0) is 49.7 Å². The molecule has 1 atom stereocenters. The molecule has 27 heavy (non-hydrogen) atoms. The van der Waals surface area contributed by atoms with Gasteiger partial charge in [0.1, 0.15) is 5.54 Å². The van der Waals surface area contributed by atoms with Gasteiger partial charge in [-0.3, -0.25) is 9.69 Å². The molecule has 1 aromatic rings. The van der Waals surface area contributed by atoms with Crippen molar-refractivity contribution in [1.82, 2.24) is 15.1 Å². The van der Waals surface area contributed by atoms with Crippen molar-refractivity contribution < 1.29 is 9.59 Å². The van der Waals surface area contributed by atoms with E-state index in [9.17, 15) is 9.59 Å². The van der Waals surface area contributed by atoms with E-state index in [2.05, 4.69) is 34.5 Å². The molecule has 0 radical (unpaired) electrons.